The average molecular weight is 255 g/mol. The molecule has 0 unspecified atom stereocenters. The molecular formula is C12H15BrO. The smallest absolute Gasteiger partial charge is 0.163 e. The molecule has 0 heterocycles. The zero-order chi connectivity index (χ0) is 10.7. The molecule has 1 nitrogen and oxygen atoms in total. The third kappa shape index (κ3) is 1.90. The molecule has 0 aromatic heterocycles. The minimum atomic E-state index is 0.292. The van der Waals surface area contributed by atoms with Gasteiger partial charge in [-0.05, 0) is 36.6 Å². The van der Waals surface area contributed by atoms with Crippen LogP contribution in [0.2, 0.25) is 0 Å². The van der Waals surface area contributed by atoms with Crippen LogP contribution in [0.5, 0.6) is 0 Å². The van der Waals surface area contributed by atoms with E-state index in [4.69, 9.17) is 0 Å². The highest BCUT2D eigenvalue weighted by molar-refractivity contribution is 9.10. The number of hydrogen-bond donors (Lipinski definition) is 0. The number of benzene rings is 1. The van der Waals surface area contributed by atoms with Crippen LogP contribution in [-0.2, 0) is 6.42 Å². The Morgan fingerprint density at radius 3 is 2.50 bits per heavy atom. The summed E-state index contributed by atoms with van der Waals surface area (Å²) in [7, 11) is 0. The summed E-state index contributed by atoms with van der Waals surface area (Å²) in [5.74, 6) is 0.292. The van der Waals surface area contributed by atoms with Gasteiger partial charge in [0, 0.05) is 16.5 Å². The van der Waals surface area contributed by atoms with E-state index < -0.39 is 0 Å². The quantitative estimate of drug-likeness (QED) is 0.686. The number of ketones is 1. The lowest BCUT2D eigenvalue weighted by atomic mass is 10.0. The summed E-state index contributed by atoms with van der Waals surface area (Å²) >= 11 is 3.46. The van der Waals surface area contributed by atoms with Crippen molar-refractivity contribution in [3.8, 4) is 0 Å². The summed E-state index contributed by atoms with van der Waals surface area (Å²) in [6.07, 6.45) is 1.60. The highest BCUT2D eigenvalue weighted by Crippen LogP contribution is 2.29. The first-order chi connectivity index (χ1) is 6.70. The summed E-state index contributed by atoms with van der Waals surface area (Å²) in [4.78, 5) is 11.3. The van der Waals surface area contributed by atoms with Crippen LogP contribution in [0.1, 0.15) is 41.8 Å². The van der Waals surface area contributed by atoms with Crippen LogP contribution in [0.3, 0.4) is 0 Å². The number of halogens is 1. The molecule has 1 aromatic rings. The number of Topliss-reactive ketones (excluding diaryl/α,β-unsaturated/α-hetero) is 1. The maximum atomic E-state index is 11.3. The fourth-order valence-corrected chi connectivity index (χ4v) is 2.06. The molecule has 0 radical (unpaired) electrons. The second kappa shape index (κ2) is 4.74. The van der Waals surface area contributed by atoms with Crippen molar-refractivity contribution in [3.63, 3.8) is 0 Å². The fourth-order valence-electron chi connectivity index (χ4n) is 1.68. The number of carbonyl (C=O) groups is 1. The summed E-state index contributed by atoms with van der Waals surface area (Å²) in [6, 6.07) is 3.87. The van der Waals surface area contributed by atoms with Gasteiger partial charge in [-0.1, -0.05) is 29.8 Å². The van der Waals surface area contributed by atoms with E-state index in [1.165, 1.54) is 11.1 Å². The van der Waals surface area contributed by atoms with Gasteiger partial charge in [-0.2, -0.15) is 0 Å². The van der Waals surface area contributed by atoms with Gasteiger partial charge in [0.1, 0.15) is 0 Å². The molecule has 0 bridgehead atoms. The Hall–Kier alpha value is -0.630. The summed E-state index contributed by atoms with van der Waals surface area (Å²) < 4.78 is 1.11. The fraction of sp³-hybridized carbons (Fsp3) is 0.417. The van der Waals surface area contributed by atoms with Crippen LogP contribution in [0.25, 0.3) is 0 Å². The lowest BCUT2D eigenvalue weighted by Gasteiger charge is -2.03. The van der Waals surface area contributed by atoms with E-state index >= 15 is 0 Å². The molecule has 2 heteroatoms. The van der Waals surface area contributed by atoms with Crippen molar-refractivity contribution in [2.75, 3.05) is 0 Å². The van der Waals surface area contributed by atoms with E-state index in [0.717, 1.165) is 16.5 Å². The predicted molar refractivity (Wildman–Crippen MR) is 62.9 cm³/mol. The van der Waals surface area contributed by atoms with Gasteiger partial charge in [0.25, 0.3) is 0 Å². The van der Waals surface area contributed by atoms with Gasteiger partial charge in [0.2, 0.25) is 0 Å². The monoisotopic (exact) mass is 254 g/mol. The van der Waals surface area contributed by atoms with Crippen LogP contribution in [0, 0.1) is 6.92 Å². The minimum absolute atomic E-state index is 0.292. The Kier molecular flexibility index (Phi) is 3.87. The first kappa shape index (κ1) is 11.4. The van der Waals surface area contributed by atoms with E-state index in [1.807, 2.05) is 26.0 Å². The number of rotatable bonds is 0. The van der Waals surface area contributed by atoms with Crippen molar-refractivity contribution in [1.82, 2.24) is 0 Å². The van der Waals surface area contributed by atoms with Crippen LogP contribution >= 0.6 is 15.9 Å². The third-order valence-electron chi connectivity index (χ3n) is 2.43. The molecule has 0 fully saturated rings. The third-order valence-corrected chi connectivity index (χ3v) is 3.29. The maximum Gasteiger partial charge on any atom is 0.163 e. The van der Waals surface area contributed by atoms with Gasteiger partial charge < -0.3 is 0 Å². The second-order valence-corrected chi connectivity index (χ2v) is 3.98. The molecule has 0 saturated heterocycles. The standard InChI is InChI=1S/C10H9BrO.C2H6/c1-6-7-3-5-10(12)8(7)2-4-9(6)11;1-2/h2,4H,3,5H2,1H3;1-2H3. The lowest BCUT2D eigenvalue weighted by molar-refractivity contribution is 0.0994. The van der Waals surface area contributed by atoms with Crippen molar-refractivity contribution in [2.24, 2.45) is 0 Å². The van der Waals surface area contributed by atoms with Gasteiger partial charge in [-0.15, -0.1) is 0 Å². The Balaban J connectivity index is 0.000000461. The van der Waals surface area contributed by atoms with Crippen molar-refractivity contribution in [1.29, 1.82) is 0 Å². The van der Waals surface area contributed by atoms with Crippen molar-refractivity contribution in [3.05, 3.63) is 33.3 Å². The number of hydrogen-bond acceptors (Lipinski definition) is 1. The topological polar surface area (TPSA) is 17.1 Å². The number of fused-ring (bicyclic) bond motifs is 1. The second-order valence-electron chi connectivity index (χ2n) is 3.12. The summed E-state index contributed by atoms with van der Waals surface area (Å²) in [5, 5.41) is 0. The van der Waals surface area contributed by atoms with E-state index in [9.17, 15) is 4.79 Å². The van der Waals surface area contributed by atoms with Gasteiger partial charge >= 0.3 is 0 Å². The van der Waals surface area contributed by atoms with Crippen molar-refractivity contribution in [2.45, 2.75) is 33.6 Å². The molecule has 76 valence electrons. The van der Waals surface area contributed by atoms with Gasteiger partial charge in [-0.25, -0.2) is 0 Å². The molecule has 14 heavy (non-hydrogen) atoms. The van der Waals surface area contributed by atoms with Gasteiger partial charge in [-0.3, -0.25) is 4.79 Å². The van der Waals surface area contributed by atoms with Crippen LogP contribution < -0.4 is 0 Å². The summed E-state index contributed by atoms with van der Waals surface area (Å²) in [6.45, 7) is 6.06. The molecule has 0 N–H and O–H groups in total. The Morgan fingerprint density at radius 2 is 1.86 bits per heavy atom. The molecule has 0 saturated carbocycles. The Bertz CT molecular complexity index is 356. The van der Waals surface area contributed by atoms with E-state index in [2.05, 4.69) is 22.9 Å². The number of carbonyl (C=O) groups excluding carboxylic acids is 1. The van der Waals surface area contributed by atoms with Gasteiger partial charge in [0.15, 0.2) is 5.78 Å². The van der Waals surface area contributed by atoms with Crippen LogP contribution in [-0.4, -0.2) is 5.78 Å². The molecule has 0 aliphatic heterocycles. The molecule has 1 aromatic carbocycles. The molecule has 0 amide bonds. The van der Waals surface area contributed by atoms with Crippen LogP contribution in [0.15, 0.2) is 16.6 Å². The van der Waals surface area contributed by atoms with Crippen molar-refractivity contribution < 1.29 is 4.79 Å². The minimum Gasteiger partial charge on any atom is -0.294 e. The SMILES string of the molecule is CC.Cc1c(Br)ccc2c1CCC2=O. The van der Waals surface area contributed by atoms with E-state index in [-0.39, 0.29) is 0 Å². The van der Waals surface area contributed by atoms with Crippen molar-refractivity contribution >= 4 is 21.7 Å². The summed E-state index contributed by atoms with van der Waals surface area (Å²) in [5.41, 5.74) is 3.38. The van der Waals surface area contributed by atoms with E-state index in [0.29, 0.717) is 12.2 Å². The zero-order valence-corrected chi connectivity index (χ0v) is 10.4. The highest BCUT2D eigenvalue weighted by atomic mass is 79.9. The highest BCUT2D eigenvalue weighted by Gasteiger charge is 2.21. The maximum absolute atomic E-state index is 11.3. The molecule has 1 aliphatic rings. The first-order valence-electron chi connectivity index (χ1n) is 5.01. The normalized spacial score (nSPS) is 13.3. The predicted octanol–water partition coefficient (Wildman–Crippen LogP) is 3.91. The Morgan fingerprint density at radius 1 is 1.21 bits per heavy atom. The molecule has 0 spiro atoms. The average Bonchev–Trinajstić information content (AvgIpc) is 2.58. The van der Waals surface area contributed by atoms with Gasteiger partial charge in [0.05, 0.1) is 0 Å². The molecule has 2 rings (SSSR count). The largest absolute Gasteiger partial charge is 0.294 e. The molecule has 1 aliphatic carbocycles. The molecule has 0 atom stereocenters. The first-order valence-corrected chi connectivity index (χ1v) is 5.80. The Labute approximate surface area is 93.7 Å². The zero-order valence-electron chi connectivity index (χ0n) is 8.86. The van der Waals surface area contributed by atoms with E-state index in [1.54, 1.807) is 0 Å². The lowest BCUT2D eigenvalue weighted by Crippen LogP contribution is -1.92. The molecular weight excluding hydrogens is 240 g/mol. The van der Waals surface area contributed by atoms with Crippen LogP contribution in [0.4, 0.5) is 0 Å².